The molecule has 0 N–H and O–H groups in total. The van der Waals surface area contributed by atoms with E-state index in [1.54, 1.807) is 24.3 Å². The molecule has 116 valence electrons. The Balaban J connectivity index is 1.88. The summed E-state index contributed by atoms with van der Waals surface area (Å²) in [5.41, 5.74) is 1.32. The predicted molar refractivity (Wildman–Crippen MR) is 88.5 cm³/mol. The van der Waals surface area contributed by atoms with Crippen LogP contribution in [-0.2, 0) is 0 Å². The number of rotatable bonds is 2. The van der Waals surface area contributed by atoms with Crippen molar-refractivity contribution in [2.45, 2.75) is 0 Å². The number of hydrogen-bond acceptors (Lipinski definition) is 3. The Kier molecular flexibility index (Phi) is 3.34. The first-order valence-corrected chi connectivity index (χ1v) is 7.31. The van der Waals surface area contributed by atoms with E-state index in [0.717, 1.165) is 5.39 Å². The van der Waals surface area contributed by atoms with Gasteiger partial charge in [-0.25, -0.2) is 9.98 Å². The third-order valence-electron chi connectivity index (χ3n) is 3.84. The number of fused-ring (bicyclic) bond motifs is 2. The van der Waals surface area contributed by atoms with E-state index in [1.807, 2.05) is 30.3 Å². The van der Waals surface area contributed by atoms with Crippen molar-refractivity contribution in [2.24, 2.45) is 4.99 Å². The third-order valence-corrected chi connectivity index (χ3v) is 3.84. The predicted octanol–water partition coefficient (Wildman–Crippen LogP) is 3.69. The summed E-state index contributed by atoms with van der Waals surface area (Å²) in [6.45, 7) is 0. The number of para-hydroxylation sites is 1. The fourth-order valence-corrected chi connectivity index (χ4v) is 2.74. The van der Waals surface area contributed by atoms with Crippen LogP contribution in [0.5, 0.6) is 0 Å². The minimum atomic E-state index is -2.97. The van der Waals surface area contributed by atoms with Crippen LogP contribution >= 0.6 is 0 Å². The second-order valence-electron chi connectivity index (χ2n) is 5.30. The van der Waals surface area contributed by atoms with Crippen molar-refractivity contribution in [3.8, 4) is 0 Å². The number of aliphatic imine (C=N–C) groups is 1. The molecule has 3 aromatic rings. The zero-order chi connectivity index (χ0) is 16.7. The summed E-state index contributed by atoms with van der Waals surface area (Å²) in [6.07, 6.45) is 0. The van der Waals surface area contributed by atoms with Crippen molar-refractivity contribution in [3.05, 3.63) is 71.8 Å². The number of carbonyl (C=O) groups excluding carboxylic acids is 1. The Morgan fingerprint density at radius 1 is 0.917 bits per heavy atom. The first-order valence-electron chi connectivity index (χ1n) is 7.31. The van der Waals surface area contributed by atoms with Crippen LogP contribution in [0.15, 0.2) is 65.7 Å². The van der Waals surface area contributed by atoms with Gasteiger partial charge in [0.25, 0.3) is 5.91 Å². The van der Waals surface area contributed by atoms with E-state index in [1.165, 1.54) is 6.07 Å². The van der Waals surface area contributed by atoms with Crippen LogP contribution in [0.25, 0.3) is 10.9 Å². The first-order chi connectivity index (χ1) is 11.6. The molecular formula is C17H10BF2N3O. The van der Waals surface area contributed by atoms with Gasteiger partial charge in [0.2, 0.25) is 0 Å². The fraction of sp³-hybridized carbons (Fsp3) is 0. The standard InChI is InChI=1S/C17H10BF2N3O/c19-18(20)23-16(12-6-2-3-7-13(12)17(23)24)22-15-10-9-11-5-1-4-8-14(11)21-15/h1-10H. The van der Waals surface area contributed by atoms with E-state index in [2.05, 4.69) is 9.98 Å². The van der Waals surface area contributed by atoms with Crippen LogP contribution in [0.4, 0.5) is 14.4 Å². The smallest absolute Gasteiger partial charge is 0.275 e. The number of amidine groups is 1. The molecule has 0 spiro atoms. The average Bonchev–Trinajstić information content (AvgIpc) is 2.87. The molecule has 7 heteroatoms. The molecule has 0 saturated heterocycles. The van der Waals surface area contributed by atoms with Crippen LogP contribution < -0.4 is 0 Å². The lowest BCUT2D eigenvalue weighted by Gasteiger charge is -2.13. The lowest BCUT2D eigenvalue weighted by atomic mass is 10.1. The highest BCUT2D eigenvalue weighted by atomic mass is 19.2. The Hall–Kier alpha value is -3.09. The van der Waals surface area contributed by atoms with Crippen LogP contribution in [0.3, 0.4) is 0 Å². The van der Waals surface area contributed by atoms with E-state index in [-0.39, 0.29) is 17.2 Å². The second kappa shape index (κ2) is 5.52. The van der Waals surface area contributed by atoms with Gasteiger partial charge >= 0.3 is 7.40 Å². The van der Waals surface area contributed by atoms with Gasteiger partial charge in [-0.3, -0.25) is 18.2 Å². The quantitative estimate of drug-likeness (QED) is 0.676. The summed E-state index contributed by atoms with van der Waals surface area (Å²) in [6, 6.07) is 17.4. The van der Waals surface area contributed by atoms with Crippen LogP contribution in [0.2, 0.25) is 0 Å². The highest BCUT2D eigenvalue weighted by Gasteiger charge is 2.42. The lowest BCUT2D eigenvalue weighted by Crippen LogP contribution is -2.38. The maximum absolute atomic E-state index is 13.4. The molecule has 0 fully saturated rings. The number of pyridine rings is 1. The molecule has 0 aliphatic carbocycles. The van der Waals surface area contributed by atoms with Crippen LogP contribution in [-0.4, -0.2) is 28.9 Å². The summed E-state index contributed by atoms with van der Waals surface area (Å²) >= 11 is 0. The minimum absolute atomic E-state index is 0.0756. The van der Waals surface area contributed by atoms with E-state index >= 15 is 0 Å². The SMILES string of the molecule is O=C1c2ccccc2C(=Nc2ccc3ccccc3n2)N1B(F)F. The van der Waals surface area contributed by atoms with Crippen molar-refractivity contribution in [2.75, 3.05) is 0 Å². The van der Waals surface area contributed by atoms with Gasteiger partial charge < -0.3 is 0 Å². The molecule has 0 radical (unpaired) electrons. The van der Waals surface area contributed by atoms with E-state index in [0.29, 0.717) is 15.9 Å². The molecule has 2 heterocycles. The fourth-order valence-electron chi connectivity index (χ4n) is 2.74. The van der Waals surface area contributed by atoms with Gasteiger partial charge in [-0.1, -0.05) is 36.4 Å². The van der Waals surface area contributed by atoms with Gasteiger partial charge in [0.05, 0.1) is 5.52 Å². The summed E-state index contributed by atoms with van der Waals surface area (Å²) in [4.78, 5) is 21.2. The minimum Gasteiger partial charge on any atom is -0.275 e. The van der Waals surface area contributed by atoms with E-state index in [9.17, 15) is 13.4 Å². The molecule has 4 rings (SSSR count). The number of halogens is 2. The number of aromatic nitrogens is 1. The summed E-state index contributed by atoms with van der Waals surface area (Å²) in [7, 11) is -2.97. The Morgan fingerprint density at radius 3 is 2.42 bits per heavy atom. The number of carbonyl (C=O) groups is 1. The molecule has 4 nitrogen and oxygen atoms in total. The maximum atomic E-state index is 13.4. The number of nitrogens with zero attached hydrogens (tertiary/aromatic N) is 3. The molecule has 1 amide bonds. The van der Waals surface area contributed by atoms with Crippen molar-refractivity contribution in [1.29, 1.82) is 0 Å². The Bertz CT molecular complexity index is 990. The number of hydrogen-bond donors (Lipinski definition) is 0. The Morgan fingerprint density at radius 2 is 1.62 bits per heavy atom. The molecule has 24 heavy (non-hydrogen) atoms. The highest BCUT2D eigenvalue weighted by Crippen LogP contribution is 2.27. The van der Waals surface area contributed by atoms with Gasteiger partial charge in [-0.05, 0) is 24.3 Å². The largest absolute Gasteiger partial charge is 0.681 e. The van der Waals surface area contributed by atoms with Crippen LogP contribution in [0, 0.1) is 0 Å². The normalized spacial score (nSPS) is 15.2. The van der Waals surface area contributed by atoms with Crippen molar-refractivity contribution in [1.82, 2.24) is 9.79 Å². The first kappa shape index (κ1) is 14.5. The molecule has 2 aromatic carbocycles. The van der Waals surface area contributed by atoms with Gasteiger partial charge in [0, 0.05) is 16.5 Å². The molecule has 0 unspecified atom stereocenters. The van der Waals surface area contributed by atoms with Gasteiger partial charge in [-0.2, -0.15) is 0 Å². The van der Waals surface area contributed by atoms with Crippen LogP contribution in [0.1, 0.15) is 15.9 Å². The zero-order valence-corrected chi connectivity index (χ0v) is 12.4. The van der Waals surface area contributed by atoms with E-state index < -0.39 is 13.3 Å². The lowest BCUT2D eigenvalue weighted by molar-refractivity contribution is 0.0907. The van der Waals surface area contributed by atoms with Gasteiger partial charge in [0.1, 0.15) is 5.84 Å². The van der Waals surface area contributed by atoms with Gasteiger partial charge in [-0.15, -0.1) is 0 Å². The maximum Gasteiger partial charge on any atom is 0.681 e. The van der Waals surface area contributed by atoms with Gasteiger partial charge in [0.15, 0.2) is 5.82 Å². The number of benzene rings is 2. The second-order valence-corrected chi connectivity index (χ2v) is 5.30. The monoisotopic (exact) mass is 321 g/mol. The third kappa shape index (κ3) is 2.25. The molecular weight excluding hydrogens is 311 g/mol. The molecule has 1 aromatic heterocycles. The van der Waals surface area contributed by atoms with E-state index in [4.69, 9.17) is 0 Å². The van der Waals surface area contributed by atoms with Crippen molar-refractivity contribution >= 4 is 35.9 Å². The number of amides is 1. The summed E-state index contributed by atoms with van der Waals surface area (Å²) in [5, 5.41) is 0.926. The summed E-state index contributed by atoms with van der Waals surface area (Å²) < 4.78 is 26.7. The topological polar surface area (TPSA) is 45.6 Å². The zero-order valence-electron chi connectivity index (χ0n) is 12.4. The van der Waals surface area contributed by atoms with Crippen molar-refractivity contribution < 1.29 is 13.4 Å². The molecule has 1 aliphatic heterocycles. The van der Waals surface area contributed by atoms with Crippen molar-refractivity contribution in [3.63, 3.8) is 0 Å². The Labute approximate surface area is 136 Å². The molecule has 0 saturated carbocycles. The molecule has 1 aliphatic rings. The molecule has 0 atom stereocenters. The average molecular weight is 321 g/mol. The highest BCUT2D eigenvalue weighted by molar-refractivity contribution is 6.53. The summed E-state index contributed by atoms with van der Waals surface area (Å²) in [5.74, 6) is -0.549. The molecule has 0 bridgehead atoms.